The first-order valence-electron chi connectivity index (χ1n) is 6.98. The average molecular weight is 366 g/mol. The number of nitrogens with zero attached hydrogens (tertiary/aromatic N) is 1. The Balaban J connectivity index is 2.25. The highest BCUT2D eigenvalue weighted by Crippen LogP contribution is 2.40. The number of carbonyl (C=O) groups excluding carboxylic acids is 1. The Hall–Kier alpha value is -1.61. The molecule has 0 aromatic carbocycles. The number of nitrogens with two attached hydrogens (primary N) is 2. The average Bonchev–Trinajstić information content (AvgIpc) is 3.15. The minimum Gasteiger partial charge on any atom is -0.611 e. The first kappa shape index (κ1) is 16.3. The van der Waals surface area contributed by atoms with Crippen LogP contribution in [0.2, 0.25) is 0 Å². The van der Waals surface area contributed by atoms with Gasteiger partial charge < -0.3 is 16.0 Å². The Morgan fingerprint density at radius 3 is 2.87 bits per heavy atom. The van der Waals surface area contributed by atoms with Gasteiger partial charge >= 0.3 is 0 Å². The molecule has 3 rings (SSSR count). The third-order valence-electron chi connectivity index (χ3n) is 3.30. The van der Waals surface area contributed by atoms with Crippen LogP contribution in [0.15, 0.2) is 27.8 Å². The molecule has 0 bridgehead atoms. The summed E-state index contributed by atoms with van der Waals surface area (Å²) in [6.45, 7) is 1.96. The Labute approximate surface area is 144 Å². The van der Waals surface area contributed by atoms with Crippen LogP contribution < -0.4 is 11.5 Å². The SMILES string of the molecule is CCC[S+]([O-])c1sc2nc(-c3cccs3)cc(C(N)=O)c2c1N. The lowest BCUT2D eigenvalue weighted by molar-refractivity contribution is 0.100. The van der Waals surface area contributed by atoms with Gasteiger partial charge in [0.05, 0.1) is 21.5 Å². The highest BCUT2D eigenvalue weighted by molar-refractivity contribution is 7.93. The first-order valence-corrected chi connectivity index (χ1v) is 9.99. The van der Waals surface area contributed by atoms with Crippen molar-refractivity contribution in [1.82, 2.24) is 4.98 Å². The fraction of sp³-hybridized carbons (Fsp3) is 0.200. The maximum absolute atomic E-state index is 12.3. The lowest BCUT2D eigenvalue weighted by atomic mass is 10.1. The van der Waals surface area contributed by atoms with Crippen LogP contribution >= 0.6 is 22.7 Å². The summed E-state index contributed by atoms with van der Waals surface area (Å²) in [5.41, 5.74) is 13.0. The fourth-order valence-corrected chi connectivity index (χ4v) is 5.59. The van der Waals surface area contributed by atoms with Gasteiger partial charge in [-0.05, 0) is 35.1 Å². The van der Waals surface area contributed by atoms with Crippen molar-refractivity contribution >= 4 is 55.7 Å². The largest absolute Gasteiger partial charge is 0.611 e. The monoisotopic (exact) mass is 365 g/mol. The van der Waals surface area contributed by atoms with Crippen molar-refractivity contribution in [3.8, 4) is 10.6 Å². The van der Waals surface area contributed by atoms with Crippen molar-refractivity contribution in [2.24, 2.45) is 5.73 Å². The molecule has 3 heterocycles. The number of hydrogen-bond acceptors (Lipinski definition) is 6. The molecule has 1 atom stereocenters. The van der Waals surface area contributed by atoms with E-state index in [1.54, 1.807) is 6.07 Å². The summed E-state index contributed by atoms with van der Waals surface area (Å²) in [6.07, 6.45) is 0.789. The summed E-state index contributed by atoms with van der Waals surface area (Å²) < 4.78 is 12.9. The molecule has 0 spiro atoms. The summed E-state index contributed by atoms with van der Waals surface area (Å²) >= 11 is 1.62. The number of carbonyl (C=O) groups is 1. The van der Waals surface area contributed by atoms with E-state index in [9.17, 15) is 9.35 Å². The quantitative estimate of drug-likeness (QED) is 0.677. The lowest BCUT2D eigenvalue weighted by Gasteiger charge is -2.07. The predicted octanol–water partition coefficient (Wildman–Crippen LogP) is 3.22. The van der Waals surface area contributed by atoms with E-state index >= 15 is 0 Å². The molecule has 0 fully saturated rings. The fourth-order valence-electron chi connectivity index (χ4n) is 2.29. The molecule has 1 amide bonds. The number of nitrogen functional groups attached to an aromatic ring is 1. The summed E-state index contributed by atoms with van der Waals surface area (Å²) in [5.74, 6) is -0.0340. The van der Waals surface area contributed by atoms with Gasteiger partial charge in [-0.3, -0.25) is 4.79 Å². The van der Waals surface area contributed by atoms with Crippen molar-refractivity contribution in [3.63, 3.8) is 0 Å². The molecule has 3 aromatic heterocycles. The molecule has 23 heavy (non-hydrogen) atoms. The maximum atomic E-state index is 12.3. The second kappa shape index (κ2) is 6.48. The minimum atomic E-state index is -1.19. The van der Waals surface area contributed by atoms with Crippen molar-refractivity contribution in [1.29, 1.82) is 0 Å². The van der Waals surface area contributed by atoms with Crippen LogP contribution in [-0.4, -0.2) is 21.2 Å². The normalized spacial score (nSPS) is 12.6. The summed E-state index contributed by atoms with van der Waals surface area (Å²) in [7, 11) is 0. The van der Waals surface area contributed by atoms with Crippen LogP contribution in [0, 0.1) is 0 Å². The zero-order chi connectivity index (χ0) is 16.6. The van der Waals surface area contributed by atoms with E-state index in [0.29, 0.717) is 37.1 Å². The molecule has 0 saturated carbocycles. The topological polar surface area (TPSA) is 105 Å². The summed E-state index contributed by atoms with van der Waals surface area (Å²) in [5, 5.41) is 2.46. The molecule has 0 aliphatic heterocycles. The molecule has 1 unspecified atom stereocenters. The Kier molecular flexibility index (Phi) is 4.58. The number of fused-ring (bicyclic) bond motifs is 1. The molecule has 4 N–H and O–H groups in total. The standard InChI is InChI=1S/C15H15N3O2S3/c1-2-6-23(20)15-12(16)11-8(13(17)19)7-9(18-14(11)22-15)10-4-3-5-21-10/h3-5,7H,2,6,16H2,1H3,(H2,17,19). The third-order valence-corrected chi connectivity index (χ3v) is 7.31. The molecule has 120 valence electrons. The van der Waals surface area contributed by atoms with E-state index in [1.165, 1.54) is 22.7 Å². The number of thiophene rings is 2. The van der Waals surface area contributed by atoms with Gasteiger partial charge in [-0.1, -0.05) is 24.3 Å². The van der Waals surface area contributed by atoms with Gasteiger partial charge in [0.1, 0.15) is 16.3 Å². The van der Waals surface area contributed by atoms with Gasteiger partial charge in [0, 0.05) is 0 Å². The summed E-state index contributed by atoms with van der Waals surface area (Å²) in [6, 6.07) is 5.50. The van der Waals surface area contributed by atoms with Gasteiger partial charge in [0.2, 0.25) is 10.1 Å². The van der Waals surface area contributed by atoms with Crippen LogP contribution in [0.4, 0.5) is 5.69 Å². The van der Waals surface area contributed by atoms with Crippen LogP contribution in [-0.2, 0) is 11.2 Å². The van der Waals surface area contributed by atoms with Crippen LogP contribution in [0.5, 0.6) is 0 Å². The van der Waals surface area contributed by atoms with E-state index in [-0.39, 0.29) is 0 Å². The van der Waals surface area contributed by atoms with Gasteiger partial charge in [-0.2, -0.15) is 0 Å². The lowest BCUT2D eigenvalue weighted by Crippen LogP contribution is -2.12. The highest BCUT2D eigenvalue weighted by atomic mass is 32.2. The molecule has 8 heteroatoms. The summed E-state index contributed by atoms with van der Waals surface area (Å²) in [4.78, 5) is 18.0. The molecule has 5 nitrogen and oxygen atoms in total. The van der Waals surface area contributed by atoms with Gasteiger partial charge in [-0.15, -0.1) is 11.3 Å². The number of primary amides is 1. The van der Waals surface area contributed by atoms with Crippen molar-refractivity contribution in [2.75, 3.05) is 11.5 Å². The number of hydrogen-bond donors (Lipinski definition) is 2. The van der Waals surface area contributed by atoms with Crippen molar-refractivity contribution in [3.05, 3.63) is 29.1 Å². The third kappa shape index (κ3) is 2.94. The maximum Gasteiger partial charge on any atom is 0.249 e. The van der Waals surface area contributed by atoms with Gasteiger partial charge in [0.15, 0.2) is 0 Å². The molecule has 0 aliphatic carbocycles. The van der Waals surface area contributed by atoms with E-state index < -0.39 is 17.1 Å². The number of aromatic nitrogens is 1. The zero-order valence-corrected chi connectivity index (χ0v) is 14.8. The van der Waals surface area contributed by atoms with Crippen LogP contribution in [0.25, 0.3) is 20.8 Å². The molecule has 0 saturated heterocycles. The smallest absolute Gasteiger partial charge is 0.249 e. The second-order valence-electron chi connectivity index (χ2n) is 4.93. The van der Waals surface area contributed by atoms with E-state index in [4.69, 9.17) is 11.5 Å². The predicted molar refractivity (Wildman–Crippen MR) is 97.4 cm³/mol. The molecule has 3 aromatic rings. The van der Waals surface area contributed by atoms with E-state index in [1.807, 2.05) is 24.4 Å². The molecule has 0 radical (unpaired) electrons. The Morgan fingerprint density at radius 1 is 1.48 bits per heavy atom. The Morgan fingerprint density at radius 2 is 2.26 bits per heavy atom. The number of pyridine rings is 1. The van der Waals surface area contributed by atoms with Gasteiger partial charge in [0.25, 0.3) is 0 Å². The van der Waals surface area contributed by atoms with Gasteiger partial charge in [-0.25, -0.2) is 4.98 Å². The number of anilines is 1. The van der Waals surface area contributed by atoms with Crippen LogP contribution in [0.3, 0.4) is 0 Å². The molecular formula is C15H15N3O2S3. The first-order chi connectivity index (χ1) is 11.0. The number of rotatable bonds is 5. The second-order valence-corrected chi connectivity index (χ2v) is 8.64. The minimum absolute atomic E-state index is 0.326. The van der Waals surface area contributed by atoms with Crippen LogP contribution in [0.1, 0.15) is 23.7 Å². The number of amides is 1. The van der Waals surface area contributed by atoms with E-state index in [0.717, 1.165) is 11.3 Å². The van der Waals surface area contributed by atoms with Crippen molar-refractivity contribution in [2.45, 2.75) is 17.6 Å². The Bertz CT molecular complexity index is 859. The zero-order valence-electron chi connectivity index (χ0n) is 12.4. The van der Waals surface area contributed by atoms with Crippen molar-refractivity contribution < 1.29 is 9.35 Å². The van der Waals surface area contributed by atoms with E-state index in [2.05, 4.69) is 4.98 Å². The highest BCUT2D eigenvalue weighted by Gasteiger charge is 2.25. The molecular weight excluding hydrogens is 350 g/mol. The molecule has 0 aliphatic rings.